The molecule has 0 aliphatic carbocycles. The van der Waals surface area contributed by atoms with Crippen LogP contribution in [0.1, 0.15) is 18.4 Å². The van der Waals surface area contributed by atoms with Crippen LogP contribution in [0.2, 0.25) is 5.02 Å². The van der Waals surface area contributed by atoms with Gasteiger partial charge in [0.15, 0.2) is 5.58 Å². The Morgan fingerprint density at radius 1 is 1.12 bits per heavy atom. The van der Waals surface area contributed by atoms with Gasteiger partial charge in [0.05, 0.1) is 5.52 Å². The van der Waals surface area contributed by atoms with Gasteiger partial charge in [-0.1, -0.05) is 41.9 Å². The zero-order valence-electron chi connectivity index (χ0n) is 13.0. The standard InChI is InChI=1S/C18H17ClN2O3/c19-14-7-2-1-6-13(14)12-20-17(22)10-5-11-21-15-8-3-4-9-16(15)24-18(21)23/h1-4,6-9H,5,10-12H2,(H,20,22). The van der Waals surface area contributed by atoms with E-state index in [0.717, 1.165) is 11.1 Å². The van der Waals surface area contributed by atoms with Crippen molar-refractivity contribution in [3.63, 3.8) is 0 Å². The lowest BCUT2D eigenvalue weighted by Gasteiger charge is -2.07. The summed E-state index contributed by atoms with van der Waals surface area (Å²) in [6.07, 6.45) is 0.883. The molecule has 24 heavy (non-hydrogen) atoms. The number of nitrogens with one attached hydrogen (secondary N) is 1. The van der Waals surface area contributed by atoms with Crippen LogP contribution in [0.15, 0.2) is 57.7 Å². The Bertz CT molecular complexity index is 914. The summed E-state index contributed by atoms with van der Waals surface area (Å²) in [6, 6.07) is 14.6. The van der Waals surface area contributed by atoms with Crippen molar-refractivity contribution in [2.75, 3.05) is 0 Å². The average molecular weight is 345 g/mol. The molecule has 124 valence electrons. The van der Waals surface area contributed by atoms with Crippen LogP contribution in [0.5, 0.6) is 0 Å². The van der Waals surface area contributed by atoms with E-state index in [9.17, 15) is 9.59 Å². The van der Waals surface area contributed by atoms with E-state index in [4.69, 9.17) is 16.0 Å². The molecule has 5 nitrogen and oxygen atoms in total. The summed E-state index contributed by atoms with van der Waals surface area (Å²) in [5.41, 5.74) is 2.19. The highest BCUT2D eigenvalue weighted by Crippen LogP contribution is 2.15. The Labute approximate surface area is 143 Å². The first kappa shape index (κ1) is 16.3. The van der Waals surface area contributed by atoms with Crippen molar-refractivity contribution >= 4 is 28.6 Å². The van der Waals surface area contributed by atoms with Crippen molar-refractivity contribution in [2.45, 2.75) is 25.9 Å². The van der Waals surface area contributed by atoms with Gasteiger partial charge in [-0.15, -0.1) is 0 Å². The Kier molecular flexibility index (Phi) is 5.01. The second-order valence-electron chi connectivity index (χ2n) is 5.46. The molecule has 0 radical (unpaired) electrons. The van der Waals surface area contributed by atoms with Gasteiger partial charge in [-0.2, -0.15) is 0 Å². The number of hydrogen-bond acceptors (Lipinski definition) is 3. The van der Waals surface area contributed by atoms with Gasteiger partial charge in [0.1, 0.15) is 0 Å². The molecule has 3 rings (SSSR count). The lowest BCUT2D eigenvalue weighted by Crippen LogP contribution is -2.23. The van der Waals surface area contributed by atoms with Gasteiger partial charge in [-0.3, -0.25) is 9.36 Å². The first-order valence-corrected chi connectivity index (χ1v) is 8.11. The second kappa shape index (κ2) is 7.36. The quantitative estimate of drug-likeness (QED) is 0.745. The van der Waals surface area contributed by atoms with E-state index in [-0.39, 0.29) is 5.91 Å². The Balaban J connectivity index is 1.52. The molecular formula is C18H17ClN2O3. The number of para-hydroxylation sites is 2. The summed E-state index contributed by atoms with van der Waals surface area (Å²) < 4.78 is 6.72. The third kappa shape index (κ3) is 3.68. The van der Waals surface area contributed by atoms with Gasteiger partial charge in [-0.25, -0.2) is 4.79 Å². The minimum Gasteiger partial charge on any atom is -0.408 e. The third-order valence-electron chi connectivity index (χ3n) is 3.79. The lowest BCUT2D eigenvalue weighted by atomic mass is 10.2. The number of aryl methyl sites for hydroxylation is 1. The fraction of sp³-hybridized carbons (Fsp3) is 0.222. The van der Waals surface area contributed by atoms with E-state index >= 15 is 0 Å². The van der Waals surface area contributed by atoms with Crippen LogP contribution in [0, 0.1) is 0 Å². The predicted octanol–water partition coefficient (Wildman–Crippen LogP) is 3.34. The maximum atomic E-state index is 11.9. The maximum absolute atomic E-state index is 11.9. The lowest BCUT2D eigenvalue weighted by molar-refractivity contribution is -0.121. The van der Waals surface area contributed by atoms with Crippen molar-refractivity contribution in [3.8, 4) is 0 Å². The number of aromatic nitrogens is 1. The number of benzene rings is 2. The molecule has 0 aliphatic heterocycles. The van der Waals surface area contributed by atoms with E-state index in [1.54, 1.807) is 16.7 Å². The molecule has 0 unspecified atom stereocenters. The number of carbonyl (C=O) groups excluding carboxylic acids is 1. The molecular weight excluding hydrogens is 328 g/mol. The van der Waals surface area contributed by atoms with Crippen molar-refractivity contribution < 1.29 is 9.21 Å². The second-order valence-corrected chi connectivity index (χ2v) is 5.87. The van der Waals surface area contributed by atoms with E-state index in [1.807, 2.05) is 36.4 Å². The van der Waals surface area contributed by atoms with E-state index in [0.29, 0.717) is 36.5 Å². The van der Waals surface area contributed by atoms with Crippen LogP contribution in [-0.4, -0.2) is 10.5 Å². The number of oxazole rings is 1. The number of hydrogen-bond donors (Lipinski definition) is 1. The molecule has 0 aliphatic rings. The highest BCUT2D eigenvalue weighted by atomic mass is 35.5. The van der Waals surface area contributed by atoms with Crippen molar-refractivity contribution in [2.24, 2.45) is 0 Å². The fourth-order valence-electron chi connectivity index (χ4n) is 2.55. The van der Waals surface area contributed by atoms with Crippen LogP contribution < -0.4 is 11.1 Å². The van der Waals surface area contributed by atoms with Crippen molar-refractivity contribution in [1.29, 1.82) is 0 Å². The van der Waals surface area contributed by atoms with Crippen molar-refractivity contribution in [3.05, 3.63) is 69.7 Å². The van der Waals surface area contributed by atoms with Gasteiger partial charge in [0.2, 0.25) is 5.91 Å². The first-order chi connectivity index (χ1) is 11.6. The van der Waals surface area contributed by atoms with Crippen molar-refractivity contribution in [1.82, 2.24) is 9.88 Å². The molecule has 1 heterocycles. The molecule has 1 amide bonds. The van der Waals surface area contributed by atoms with Gasteiger partial charge in [-0.05, 0) is 30.2 Å². The first-order valence-electron chi connectivity index (χ1n) is 7.73. The third-order valence-corrected chi connectivity index (χ3v) is 4.16. The van der Waals surface area contributed by atoms with Crippen LogP contribution >= 0.6 is 11.6 Å². The average Bonchev–Trinajstić information content (AvgIpc) is 2.90. The SMILES string of the molecule is O=C(CCCn1c(=O)oc2ccccc21)NCc1ccccc1Cl. The molecule has 6 heteroatoms. The Morgan fingerprint density at radius 2 is 1.88 bits per heavy atom. The Morgan fingerprint density at radius 3 is 2.71 bits per heavy atom. The van der Waals surface area contributed by atoms with E-state index in [2.05, 4.69) is 5.32 Å². The number of halogens is 1. The number of nitrogens with zero attached hydrogens (tertiary/aromatic N) is 1. The number of carbonyl (C=O) groups is 1. The summed E-state index contributed by atoms with van der Waals surface area (Å²) in [6.45, 7) is 0.836. The smallest absolute Gasteiger partial charge is 0.408 e. The predicted molar refractivity (Wildman–Crippen MR) is 93.0 cm³/mol. The van der Waals surface area contributed by atoms with Gasteiger partial charge < -0.3 is 9.73 Å². The molecule has 0 spiro atoms. The molecule has 0 fully saturated rings. The van der Waals surface area contributed by atoms with Crippen LogP contribution in [0.3, 0.4) is 0 Å². The summed E-state index contributed by atoms with van der Waals surface area (Å²) in [4.78, 5) is 23.8. The molecule has 0 saturated heterocycles. The van der Waals surface area contributed by atoms with Crippen LogP contribution in [-0.2, 0) is 17.9 Å². The largest absolute Gasteiger partial charge is 0.419 e. The summed E-state index contributed by atoms with van der Waals surface area (Å²) >= 11 is 6.05. The minimum atomic E-state index is -0.396. The summed E-state index contributed by atoms with van der Waals surface area (Å²) in [5.74, 6) is -0.469. The molecule has 0 bridgehead atoms. The van der Waals surface area contributed by atoms with Gasteiger partial charge in [0, 0.05) is 24.5 Å². The maximum Gasteiger partial charge on any atom is 0.419 e. The monoisotopic (exact) mass is 344 g/mol. The molecule has 0 saturated carbocycles. The summed E-state index contributed by atoms with van der Waals surface area (Å²) in [7, 11) is 0. The van der Waals surface area contributed by atoms with E-state index in [1.165, 1.54) is 0 Å². The highest BCUT2D eigenvalue weighted by Gasteiger charge is 2.09. The number of fused-ring (bicyclic) bond motifs is 1. The molecule has 1 N–H and O–H groups in total. The zero-order chi connectivity index (χ0) is 16.9. The van der Waals surface area contributed by atoms with Crippen LogP contribution in [0.4, 0.5) is 0 Å². The van der Waals surface area contributed by atoms with Gasteiger partial charge >= 0.3 is 5.76 Å². The van der Waals surface area contributed by atoms with Gasteiger partial charge in [0.25, 0.3) is 0 Å². The number of rotatable bonds is 6. The molecule has 0 atom stereocenters. The normalized spacial score (nSPS) is 10.9. The fourth-order valence-corrected chi connectivity index (χ4v) is 2.75. The zero-order valence-corrected chi connectivity index (χ0v) is 13.8. The molecule has 1 aromatic heterocycles. The summed E-state index contributed by atoms with van der Waals surface area (Å²) in [5, 5.41) is 3.47. The molecule has 2 aromatic carbocycles. The highest BCUT2D eigenvalue weighted by molar-refractivity contribution is 6.31. The van der Waals surface area contributed by atoms with Crippen LogP contribution in [0.25, 0.3) is 11.1 Å². The van der Waals surface area contributed by atoms with E-state index < -0.39 is 5.76 Å². The molecule has 3 aromatic rings. The topological polar surface area (TPSA) is 64.2 Å². The number of amides is 1. The Hall–Kier alpha value is -2.53. The minimum absolute atomic E-state index is 0.0734.